The van der Waals surface area contributed by atoms with Gasteiger partial charge in [-0.25, -0.2) is 0 Å². The lowest BCUT2D eigenvalue weighted by Crippen LogP contribution is -2.53. The third kappa shape index (κ3) is 4.25. The van der Waals surface area contributed by atoms with E-state index in [-0.39, 0.29) is 23.6 Å². The van der Waals surface area contributed by atoms with E-state index in [1.165, 1.54) is 0 Å². The highest BCUT2D eigenvalue weighted by atomic mass is 16.3. The SMILES string of the molecule is O=C(Nc1cccc(-c2ccc(C(=O)N3CCN(C(=O)C4(O)CC4)CC3)cc2)c1)C1CC1. The van der Waals surface area contributed by atoms with Gasteiger partial charge in [0, 0.05) is 43.3 Å². The second kappa shape index (κ2) is 8.06. The van der Waals surface area contributed by atoms with Gasteiger partial charge in [0.15, 0.2) is 0 Å². The molecule has 2 N–H and O–H groups in total. The molecule has 0 bridgehead atoms. The van der Waals surface area contributed by atoms with Crippen LogP contribution < -0.4 is 5.32 Å². The molecule has 0 spiro atoms. The third-order valence-electron chi connectivity index (χ3n) is 6.52. The fourth-order valence-corrected chi connectivity index (χ4v) is 4.09. The molecule has 0 unspecified atom stereocenters. The lowest BCUT2D eigenvalue weighted by Gasteiger charge is -2.35. The number of nitrogens with one attached hydrogen (secondary N) is 1. The van der Waals surface area contributed by atoms with Gasteiger partial charge in [0.05, 0.1) is 0 Å². The van der Waals surface area contributed by atoms with Crippen molar-refractivity contribution in [3.63, 3.8) is 0 Å². The molecule has 7 heteroatoms. The summed E-state index contributed by atoms with van der Waals surface area (Å²) in [5, 5.41) is 13.0. The lowest BCUT2D eigenvalue weighted by atomic mass is 10.0. The van der Waals surface area contributed by atoms with Crippen LogP contribution in [0.25, 0.3) is 11.1 Å². The van der Waals surface area contributed by atoms with Gasteiger partial charge < -0.3 is 20.2 Å². The van der Waals surface area contributed by atoms with Gasteiger partial charge in [-0.05, 0) is 61.1 Å². The van der Waals surface area contributed by atoms with Crippen LogP contribution in [-0.4, -0.2) is 64.4 Å². The van der Waals surface area contributed by atoms with E-state index in [1.54, 1.807) is 9.80 Å². The van der Waals surface area contributed by atoms with Crippen molar-refractivity contribution < 1.29 is 19.5 Å². The van der Waals surface area contributed by atoms with E-state index in [9.17, 15) is 19.5 Å². The number of hydrogen-bond acceptors (Lipinski definition) is 4. The average molecular weight is 434 g/mol. The van der Waals surface area contributed by atoms with Crippen LogP contribution in [0.1, 0.15) is 36.0 Å². The molecule has 5 rings (SSSR count). The molecular formula is C25H27N3O4. The Bertz CT molecular complexity index is 1050. The summed E-state index contributed by atoms with van der Waals surface area (Å²) in [6.45, 7) is 1.82. The molecular weight excluding hydrogens is 406 g/mol. The van der Waals surface area contributed by atoms with Gasteiger partial charge in [0.25, 0.3) is 11.8 Å². The van der Waals surface area contributed by atoms with Gasteiger partial charge >= 0.3 is 0 Å². The highest BCUT2D eigenvalue weighted by Crippen LogP contribution is 2.37. The Morgan fingerprint density at radius 2 is 1.53 bits per heavy atom. The number of anilines is 1. The summed E-state index contributed by atoms with van der Waals surface area (Å²) >= 11 is 0. The van der Waals surface area contributed by atoms with Crippen LogP contribution in [0.15, 0.2) is 48.5 Å². The van der Waals surface area contributed by atoms with E-state index < -0.39 is 5.60 Å². The molecule has 2 aromatic rings. The molecule has 0 aromatic heterocycles. The molecule has 2 saturated carbocycles. The predicted molar refractivity (Wildman–Crippen MR) is 120 cm³/mol. The van der Waals surface area contributed by atoms with Crippen LogP contribution in [-0.2, 0) is 9.59 Å². The Morgan fingerprint density at radius 3 is 2.16 bits per heavy atom. The molecule has 3 aliphatic rings. The largest absolute Gasteiger partial charge is 0.380 e. The number of hydrogen-bond donors (Lipinski definition) is 2. The Balaban J connectivity index is 1.21. The van der Waals surface area contributed by atoms with Gasteiger partial charge in [-0.1, -0.05) is 24.3 Å². The zero-order chi connectivity index (χ0) is 22.3. The van der Waals surface area contributed by atoms with Gasteiger partial charge in [0.1, 0.15) is 5.60 Å². The average Bonchev–Trinajstić information content (AvgIpc) is 3.75. The first-order chi connectivity index (χ1) is 15.4. The highest BCUT2D eigenvalue weighted by Gasteiger charge is 2.50. The van der Waals surface area contributed by atoms with Crippen LogP contribution in [0, 0.1) is 5.92 Å². The summed E-state index contributed by atoms with van der Waals surface area (Å²) in [6.07, 6.45) is 3.00. The number of benzene rings is 2. The summed E-state index contributed by atoms with van der Waals surface area (Å²) in [7, 11) is 0. The minimum absolute atomic E-state index is 0.0563. The zero-order valence-corrected chi connectivity index (χ0v) is 17.9. The lowest BCUT2D eigenvalue weighted by molar-refractivity contribution is -0.143. The van der Waals surface area contributed by atoms with E-state index >= 15 is 0 Å². The maximum atomic E-state index is 12.9. The van der Waals surface area contributed by atoms with E-state index in [1.807, 2.05) is 48.5 Å². The first kappa shape index (κ1) is 20.7. The van der Waals surface area contributed by atoms with Crippen molar-refractivity contribution in [2.24, 2.45) is 5.92 Å². The van der Waals surface area contributed by atoms with Crippen LogP contribution >= 0.6 is 0 Å². The predicted octanol–water partition coefficient (Wildman–Crippen LogP) is 2.51. The molecule has 2 aliphatic carbocycles. The van der Waals surface area contributed by atoms with Crippen molar-refractivity contribution in [1.82, 2.24) is 9.80 Å². The van der Waals surface area contributed by atoms with Crippen LogP contribution in [0.4, 0.5) is 5.69 Å². The number of carbonyl (C=O) groups is 3. The molecule has 1 aliphatic heterocycles. The van der Waals surface area contributed by atoms with Gasteiger partial charge in [-0.2, -0.15) is 0 Å². The van der Waals surface area contributed by atoms with Crippen LogP contribution in [0.2, 0.25) is 0 Å². The third-order valence-corrected chi connectivity index (χ3v) is 6.52. The second-order valence-corrected chi connectivity index (χ2v) is 9.04. The van der Waals surface area contributed by atoms with Gasteiger partial charge in [0.2, 0.25) is 5.91 Å². The van der Waals surface area contributed by atoms with Crippen molar-refractivity contribution in [2.45, 2.75) is 31.3 Å². The normalized spacial score (nSPS) is 19.4. The van der Waals surface area contributed by atoms with Crippen molar-refractivity contribution in [1.29, 1.82) is 0 Å². The monoisotopic (exact) mass is 433 g/mol. The van der Waals surface area contributed by atoms with Crippen LogP contribution in [0.3, 0.4) is 0 Å². The van der Waals surface area contributed by atoms with E-state index in [0.717, 1.165) is 29.7 Å². The maximum Gasteiger partial charge on any atom is 0.254 e. The zero-order valence-electron chi connectivity index (χ0n) is 17.9. The summed E-state index contributed by atoms with van der Waals surface area (Å²) in [4.78, 5) is 40.6. The summed E-state index contributed by atoms with van der Waals surface area (Å²) in [5.41, 5.74) is 2.18. The smallest absolute Gasteiger partial charge is 0.254 e. The highest BCUT2D eigenvalue weighted by molar-refractivity contribution is 5.96. The minimum Gasteiger partial charge on any atom is -0.380 e. The molecule has 32 heavy (non-hydrogen) atoms. The molecule has 2 aromatic carbocycles. The van der Waals surface area contributed by atoms with Crippen molar-refractivity contribution in [3.8, 4) is 11.1 Å². The number of carbonyl (C=O) groups excluding carboxylic acids is 3. The number of aliphatic hydroxyl groups is 1. The molecule has 166 valence electrons. The molecule has 0 radical (unpaired) electrons. The Hall–Kier alpha value is -3.19. The first-order valence-corrected chi connectivity index (χ1v) is 11.3. The molecule has 1 saturated heterocycles. The van der Waals surface area contributed by atoms with Crippen molar-refractivity contribution in [2.75, 3.05) is 31.5 Å². The second-order valence-electron chi connectivity index (χ2n) is 9.04. The Morgan fingerprint density at radius 1 is 0.875 bits per heavy atom. The number of amides is 3. The Labute approximate surface area is 187 Å². The van der Waals surface area contributed by atoms with Gasteiger partial charge in [-0.15, -0.1) is 0 Å². The first-order valence-electron chi connectivity index (χ1n) is 11.3. The number of piperazine rings is 1. The van der Waals surface area contributed by atoms with Crippen molar-refractivity contribution >= 4 is 23.4 Å². The summed E-state index contributed by atoms with van der Waals surface area (Å²) in [6, 6.07) is 15.2. The van der Waals surface area contributed by atoms with Crippen LogP contribution in [0.5, 0.6) is 0 Å². The minimum atomic E-state index is -1.15. The number of nitrogens with zero attached hydrogens (tertiary/aromatic N) is 2. The Kier molecular flexibility index (Phi) is 5.21. The fraction of sp³-hybridized carbons (Fsp3) is 0.400. The summed E-state index contributed by atoms with van der Waals surface area (Å²) in [5.74, 6) is -0.0256. The van der Waals surface area contributed by atoms with Crippen molar-refractivity contribution in [3.05, 3.63) is 54.1 Å². The standard InChI is InChI=1S/C25H27N3O4/c29-22(18-6-7-18)26-21-3-1-2-20(16-21)17-4-8-19(9-5-17)23(30)27-12-14-28(15-13-27)24(31)25(32)10-11-25/h1-5,8-9,16,18,32H,6-7,10-15H2,(H,26,29). The molecule has 7 nitrogen and oxygen atoms in total. The van der Waals surface area contributed by atoms with E-state index in [0.29, 0.717) is 44.6 Å². The maximum absolute atomic E-state index is 12.9. The molecule has 0 atom stereocenters. The quantitative estimate of drug-likeness (QED) is 0.758. The number of rotatable bonds is 5. The topological polar surface area (TPSA) is 90.0 Å². The fourth-order valence-electron chi connectivity index (χ4n) is 4.09. The molecule has 3 fully saturated rings. The van der Waals surface area contributed by atoms with E-state index in [2.05, 4.69) is 5.32 Å². The van der Waals surface area contributed by atoms with E-state index in [4.69, 9.17) is 0 Å². The summed E-state index contributed by atoms with van der Waals surface area (Å²) < 4.78 is 0. The molecule has 3 amide bonds. The van der Waals surface area contributed by atoms with Gasteiger partial charge in [-0.3, -0.25) is 14.4 Å². The molecule has 1 heterocycles.